The summed E-state index contributed by atoms with van der Waals surface area (Å²) in [6.07, 6.45) is 0.108. The molecule has 2 aromatic carbocycles. The zero-order valence-corrected chi connectivity index (χ0v) is 15.7. The topological polar surface area (TPSA) is 97.0 Å². The van der Waals surface area contributed by atoms with E-state index < -0.39 is 11.4 Å². The van der Waals surface area contributed by atoms with Gasteiger partial charge in [-0.3, -0.25) is 9.59 Å². The van der Waals surface area contributed by atoms with Crippen LogP contribution in [-0.2, 0) is 4.79 Å². The summed E-state index contributed by atoms with van der Waals surface area (Å²) in [5, 5.41) is 23.8. The van der Waals surface area contributed by atoms with Gasteiger partial charge in [0.1, 0.15) is 34.0 Å². The molecule has 0 aliphatic carbocycles. The van der Waals surface area contributed by atoms with E-state index in [-0.39, 0.29) is 46.3 Å². The molecule has 1 unspecified atom stereocenters. The van der Waals surface area contributed by atoms with E-state index in [0.717, 1.165) is 5.56 Å². The highest BCUT2D eigenvalue weighted by atomic mass is 32.1. The van der Waals surface area contributed by atoms with E-state index in [9.17, 15) is 19.8 Å². The fraction of sp³-hybridized carbons (Fsp3) is 0.0909. The molecule has 5 rings (SSSR count). The molecule has 2 N–H and O–H groups in total. The van der Waals surface area contributed by atoms with Crippen LogP contribution in [-0.4, -0.2) is 16.2 Å². The Morgan fingerprint density at radius 2 is 1.83 bits per heavy atom. The van der Waals surface area contributed by atoms with Gasteiger partial charge in [-0.05, 0) is 46.7 Å². The highest BCUT2D eigenvalue weighted by molar-refractivity contribution is 7.08. The van der Waals surface area contributed by atoms with Crippen LogP contribution in [0.25, 0.3) is 22.3 Å². The van der Waals surface area contributed by atoms with Crippen LogP contribution >= 0.6 is 11.3 Å². The number of fused-ring (bicyclic) bond motifs is 3. The van der Waals surface area contributed by atoms with Gasteiger partial charge < -0.3 is 19.4 Å². The Morgan fingerprint density at radius 3 is 2.55 bits per heavy atom. The zero-order chi connectivity index (χ0) is 20.1. The standard InChI is InChI=1S/C22H14O6S/c23-13-3-1-11(2-4-13)17-8-15(24)21-16(25)9-18-20(22(21)28-17)14(7-19(26)27-18)12-5-6-29-10-12/h1-6,8-10,14,23,25H,7H2. The normalized spacial score (nSPS) is 15.9. The molecule has 6 nitrogen and oxygen atoms in total. The molecule has 144 valence electrons. The van der Waals surface area contributed by atoms with Crippen molar-refractivity contribution in [1.29, 1.82) is 0 Å². The zero-order valence-electron chi connectivity index (χ0n) is 14.9. The van der Waals surface area contributed by atoms with Gasteiger partial charge in [0.05, 0.1) is 6.42 Å². The number of esters is 1. The van der Waals surface area contributed by atoms with Crippen LogP contribution in [0.2, 0.25) is 0 Å². The van der Waals surface area contributed by atoms with Gasteiger partial charge in [0.25, 0.3) is 0 Å². The second-order valence-electron chi connectivity index (χ2n) is 6.82. The SMILES string of the molecule is O=C1CC(c2ccsc2)c2c(cc(O)c3c(=O)cc(-c4ccc(O)cc4)oc23)O1. The predicted octanol–water partition coefficient (Wildman–Crippen LogP) is 4.37. The van der Waals surface area contributed by atoms with Crippen molar-refractivity contribution in [3.63, 3.8) is 0 Å². The summed E-state index contributed by atoms with van der Waals surface area (Å²) in [6, 6.07) is 10.8. The number of carbonyl (C=O) groups excluding carboxylic acids is 1. The first kappa shape index (κ1) is 17.5. The van der Waals surface area contributed by atoms with Crippen LogP contribution in [0.1, 0.15) is 23.5 Å². The summed E-state index contributed by atoms with van der Waals surface area (Å²) < 4.78 is 11.4. The van der Waals surface area contributed by atoms with Gasteiger partial charge in [0, 0.05) is 29.2 Å². The average Bonchev–Trinajstić information content (AvgIpc) is 3.22. The Balaban J connectivity index is 1.83. The lowest BCUT2D eigenvalue weighted by atomic mass is 9.86. The smallest absolute Gasteiger partial charge is 0.312 e. The first-order valence-corrected chi connectivity index (χ1v) is 9.81. The van der Waals surface area contributed by atoms with E-state index in [4.69, 9.17) is 9.15 Å². The van der Waals surface area contributed by atoms with Crippen LogP contribution in [0.4, 0.5) is 0 Å². The number of aromatic hydroxyl groups is 2. The van der Waals surface area contributed by atoms with E-state index in [1.807, 2.05) is 16.8 Å². The van der Waals surface area contributed by atoms with Crippen LogP contribution in [0.5, 0.6) is 17.2 Å². The van der Waals surface area contributed by atoms with Gasteiger partial charge in [-0.15, -0.1) is 0 Å². The molecule has 0 bridgehead atoms. The summed E-state index contributed by atoms with van der Waals surface area (Å²) in [5.74, 6) is -0.493. The van der Waals surface area contributed by atoms with E-state index in [1.54, 1.807) is 12.1 Å². The summed E-state index contributed by atoms with van der Waals surface area (Å²) >= 11 is 1.50. The molecule has 29 heavy (non-hydrogen) atoms. The molecular formula is C22H14O6S. The van der Waals surface area contributed by atoms with Crippen molar-refractivity contribution in [3.8, 4) is 28.6 Å². The minimum Gasteiger partial charge on any atom is -0.508 e. The van der Waals surface area contributed by atoms with E-state index in [2.05, 4.69) is 0 Å². The van der Waals surface area contributed by atoms with Crippen LogP contribution in [0, 0.1) is 0 Å². The number of benzene rings is 2. The number of thiophene rings is 1. The quantitative estimate of drug-likeness (QED) is 0.379. The number of ether oxygens (including phenoxy) is 1. The number of hydrogen-bond acceptors (Lipinski definition) is 7. The Bertz CT molecular complexity index is 1300. The molecule has 0 spiro atoms. The predicted molar refractivity (Wildman–Crippen MR) is 108 cm³/mol. The van der Waals surface area contributed by atoms with E-state index in [1.165, 1.54) is 35.6 Å². The van der Waals surface area contributed by atoms with Crippen molar-refractivity contribution >= 4 is 28.3 Å². The van der Waals surface area contributed by atoms with Crippen molar-refractivity contribution in [2.75, 3.05) is 0 Å². The monoisotopic (exact) mass is 406 g/mol. The third kappa shape index (κ3) is 2.87. The second kappa shape index (κ2) is 6.49. The third-order valence-electron chi connectivity index (χ3n) is 5.02. The number of phenolic OH excluding ortho intramolecular Hbond substituents is 2. The lowest BCUT2D eigenvalue weighted by Crippen LogP contribution is -2.21. The van der Waals surface area contributed by atoms with E-state index >= 15 is 0 Å². The number of phenols is 2. The molecule has 1 aliphatic rings. The average molecular weight is 406 g/mol. The number of rotatable bonds is 2. The van der Waals surface area contributed by atoms with Gasteiger partial charge in [-0.1, -0.05) is 0 Å². The third-order valence-corrected chi connectivity index (χ3v) is 5.72. The van der Waals surface area contributed by atoms with Gasteiger partial charge >= 0.3 is 5.97 Å². The molecule has 0 radical (unpaired) electrons. The molecular weight excluding hydrogens is 392 g/mol. The molecule has 2 aromatic heterocycles. The van der Waals surface area contributed by atoms with Crippen molar-refractivity contribution in [3.05, 3.63) is 74.6 Å². The molecule has 1 aliphatic heterocycles. The molecule has 4 aromatic rings. The molecule has 0 saturated heterocycles. The summed E-state index contributed by atoms with van der Waals surface area (Å²) in [4.78, 5) is 25.0. The molecule has 0 amide bonds. The second-order valence-corrected chi connectivity index (χ2v) is 7.60. The summed E-state index contributed by atoms with van der Waals surface area (Å²) in [7, 11) is 0. The van der Waals surface area contributed by atoms with Crippen molar-refractivity contribution in [2.24, 2.45) is 0 Å². The fourth-order valence-electron chi connectivity index (χ4n) is 3.68. The van der Waals surface area contributed by atoms with Gasteiger partial charge in [0.2, 0.25) is 0 Å². The maximum atomic E-state index is 12.8. The minimum absolute atomic E-state index is 0.0458. The Kier molecular flexibility index (Phi) is 3.92. The van der Waals surface area contributed by atoms with Gasteiger partial charge in [-0.2, -0.15) is 11.3 Å². The molecule has 7 heteroatoms. The first-order valence-electron chi connectivity index (χ1n) is 8.87. The molecule has 0 saturated carbocycles. The van der Waals surface area contributed by atoms with Crippen molar-refractivity contribution in [1.82, 2.24) is 0 Å². The Morgan fingerprint density at radius 1 is 1.03 bits per heavy atom. The summed E-state index contributed by atoms with van der Waals surface area (Å²) in [5.41, 5.74) is 1.86. The van der Waals surface area contributed by atoms with Crippen molar-refractivity contribution < 1.29 is 24.2 Å². The first-order chi connectivity index (χ1) is 14.0. The maximum Gasteiger partial charge on any atom is 0.312 e. The van der Waals surface area contributed by atoms with Gasteiger partial charge in [-0.25, -0.2) is 0 Å². The highest BCUT2D eigenvalue weighted by Crippen LogP contribution is 2.46. The van der Waals surface area contributed by atoms with Crippen molar-refractivity contribution in [2.45, 2.75) is 12.3 Å². The fourth-order valence-corrected chi connectivity index (χ4v) is 4.40. The van der Waals surface area contributed by atoms with Gasteiger partial charge in [0.15, 0.2) is 5.43 Å². The molecule has 3 heterocycles. The van der Waals surface area contributed by atoms with E-state index in [0.29, 0.717) is 11.1 Å². The Hall–Kier alpha value is -3.58. The molecule has 1 atom stereocenters. The molecule has 0 fully saturated rings. The minimum atomic E-state index is -0.413. The lowest BCUT2D eigenvalue weighted by Gasteiger charge is -2.25. The largest absolute Gasteiger partial charge is 0.508 e. The number of hydrogen-bond donors (Lipinski definition) is 2. The lowest BCUT2D eigenvalue weighted by molar-refractivity contribution is -0.135. The van der Waals surface area contributed by atoms with Crippen LogP contribution in [0.3, 0.4) is 0 Å². The number of carbonyl (C=O) groups is 1. The highest BCUT2D eigenvalue weighted by Gasteiger charge is 2.33. The summed E-state index contributed by atoms with van der Waals surface area (Å²) in [6.45, 7) is 0. The van der Waals surface area contributed by atoms with Crippen LogP contribution in [0.15, 0.2) is 62.4 Å². The van der Waals surface area contributed by atoms with Crippen LogP contribution < -0.4 is 10.2 Å². The maximum absolute atomic E-state index is 12.8. The Labute approximate surface area is 168 Å².